The molecule has 20 heavy (non-hydrogen) atoms. The molecule has 0 radical (unpaired) electrons. The van der Waals surface area contributed by atoms with Crippen molar-refractivity contribution in [2.45, 2.75) is 32.4 Å². The van der Waals surface area contributed by atoms with Gasteiger partial charge in [-0.15, -0.1) is 0 Å². The van der Waals surface area contributed by atoms with Crippen molar-refractivity contribution >= 4 is 5.69 Å². The highest BCUT2D eigenvalue weighted by Gasteiger charge is 2.16. The van der Waals surface area contributed by atoms with E-state index in [0.717, 1.165) is 32.5 Å². The third kappa shape index (κ3) is 4.94. The van der Waals surface area contributed by atoms with E-state index in [-0.39, 0.29) is 6.23 Å². The maximum atomic E-state index is 5.85. The average Bonchev–Trinajstić information content (AvgIpc) is 2.74. The summed E-state index contributed by atoms with van der Waals surface area (Å²) in [5.41, 5.74) is 1.19. The van der Waals surface area contributed by atoms with Gasteiger partial charge in [0, 0.05) is 32.3 Å². The number of allylic oxidation sites excluding steroid dienone is 1. The van der Waals surface area contributed by atoms with Crippen LogP contribution in [0.25, 0.3) is 0 Å². The number of ether oxygens (including phenoxy) is 1. The Labute approximate surface area is 121 Å². The third-order valence-electron chi connectivity index (χ3n) is 3.44. The molecule has 1 fully saturated rings. The number of aromatic nitrogens is 1. The summed E-state index contributed by atoms with van der Waals surface area (Å²) >= 11 is 0. The topological polar surface area (TPSA) is 37.4 Å². The maximum absolute atomic E-state index is 5.85. The molecule has 4 nitrogen and oxygen atoms in total. The molecule has 1 aromatic heterocycles. The second-order valence-electron chi connectivity index (χ2n) is 5.02. The SMILES string of the molecule is CCC/C=C/COC1CCN(c2cccnc2)CCN1. The van der Waals surface area contributed by atoms with Gasteiger partial charge in [0.1, 0.15) is 6.23 Å². The van der Waals surface area contributed by atoms with Crippen LogP contribution in [-0.4, -0.2) is 37.5 Å². The largest absolute Gasteiger partial charge is 0.369 e. The van der Waals surface area contributed by atoms with Gasteiger partial charge in [0.25, 0.3) is 0 Å². The van der Waals surface area contributed by atoms with Crippen LogP contribution in [0.1, 0.15) is 26.2 Å². The van der Waals surface area contributed by atoms with E-state index in [9.17, 15) is 0 Å². The van der Waals surface area contributed by atoms with Gasteiger partial charge in [-0.05, 0) is 18.6 Å². The Morgan fingerprint density at radius 3 is 3.20 bits per heavy atom. The van der Waals surface area contributed by atoms with Crippen LogP contribution in [-0.2, 0) is 4.74 Å². The Balaban J connectivity index is 1.75. The molecule has 1 aliphatic heterocycles. The number of rotatable bonds is 6. The zero-order valence-electron chi connectivity index (χ0n) is 12.3. The lowest BCUT2D eigenvalue weighted by atomic mass is 10.3. The van der Waals surface area contributed by atoms with Crippen LogP contribution in [0.2, 0.25) is 0 Å². The van der Waals surface area contributed by atoms with Crippen molar-refractivity contribution in [1.29, 1.82) is 0 Å². The smallest absolute Gasteiger partial charge is 0.110 e. The quantitative estimate of drug-likeness (QED) is 0.810. The lowest BCUT2D eigenvalue weighted by Crippen LogP contribution is -2.32. The molecule has 1 atom stereocenters. The first-order chi connectivity index (χ1) is 9.90. The second kappa shape index (κ2) is 8.72. The van der Waals surface area contributed by atoms with E-state index >= 15 is 0 Å². The van der Waals surface area contributed by atoms with Crippen LogP contribution >= 0.6 is 0 Å². The summed E-state index contributed by atoms with van der Waals surface area (Å²) in [7, 11) is 0. The van der Waals surface area contributed by atoms with Gasteiger partial charge in [0.2, 0.25) is 0 Å². The first-order valence-electron chi connectivity index (χ1n) is 7.55. The number of hydrogen-bond acceptors (Lipinski definition) is 4. The van der Waals surface area contributed by atoms with E-state index in [1.165, 1.54) is 12.1 Å². The molecule has 0 aromatic carbocycles. The van der Waals surface area contributed by atoms with E-state index < -0.39 is 0 Å². The van der Waals surface area contributed by atoms with Gasteiger partial charge in [-0.2, -0.15) is 0 Å². The molecule has 0 amide bonds. The van der Waals surface area contributed by atoms with Crippen molar-refractivity contribution in [2.24, 2.45) is 0 Å². The van der Waals surface area contributed by atoms with Gasteiger partial charge in [-0.1, -0.05) is 25.5 Å². The zero-order chi connectivity index (χ0) is 14.0. The molecule has 1 aromatic rings. The number of anilines is 1. The summed E-state index contributed by atoms with van der Waals surface area (Å²) in [6.07, 6.45) is 11.5. The number of nitrogens with one attached hydrogen (secondary N) is 1. The van der Waals surface area contributed by atoms with E-state index in [1.807, 2.05) is 18.5 Å². The van der Waals surface area contributed by atoms with Crippen molar-refractivity contribution in [1.82, 2.24) is 10.3 Å². The predicted octanol–water partition coefficient (Wildman–Crippen LogP) is 2.58. The second-order valence-corrected chi connectivity index (χ2v) is 5.02. The zero-order valence-corrected chi connectivity index (χ0v) is 12.3. The molecule has 0 bridgehead atoms. The molecular formula is C16H25N3O. The fourth-order valence-corrected chi connectivity index (χ4v) is 2.31. The molecule has 0 saturated carbocycles. The van der Waals surface area contributed by atoms with Crippen molar-refractivity contribution < 1.29 is 4.74 Å². The van der Waals surface area contributed by atoms with Crippen LogP contribution in [0.3, 0.4) is 0 Å². The summed E-state index contributed by atoms with van der Waals surface area (Å²) in [6.45, 7) is 5.83. The van der Waals surface area contributed by atoms with Crippen LogP contribution in [0.4, 0.5) is 5.69 Å². The monoisotopic (exact) mass is 275 g/mol. The summed E-state index contributed by atoms with van der Waals surface area (Å²) in [6, 6.07) is 4.10. The summed E-state index contributed by atoms with van der Waals surface area (Å²) in [4.78, 5) is 6.54. The van der Waals surface area contributed by atoms with Gasteiger partial charge in [-0.3, -0.25) is 10.3 Å². The number of hydrogen-bond donors (Lipinski definition) is 1. The fraction of sp³-hybridized carbons (Fsp3) is 0.562. The molecule has 1 saturated heterocycles. The normalized spacial score (nSPS) is 20.2. The van der Waals surface area contributed by atoms with Crippen molar-refractivity contribution in [3.63, 3.8) is 0 Å². The summed E-state index contributed by atoms with van der Waals surface area (Å²) in [5.74, 6) is 0. The molecule has 0 aliphatic carbocycles. The molecule has 4 heteroatoms. The van der Waals surface area contributed by atoms with Gasteiger partial charge in [0.05, 0.1) is 18.5 Å². The molecule has 1 N–H and O–H groups in total. The molecule has 2 heterocycles. The van der Waals surface area contributed by atoms with Gasteiger partial charge < -0.3 is 9.64 Å². The molecule has 1 unspecified atom stereocenters. The van der Waals surface area contributed by atoms with Gasteiger partial charge >= 0.3 is 0 Å². The van der Waals surface area contributed by atoms with Gasteiger partial charge in [0.15, 0.2) is 0 Å². The van der Waals surface area contributed by atoms with Crippen LogP contribution in [0, 0.1) is 0 Å². The standard InChI is InChI=1S/C16H25N3O/c1-2-3-4-5-13-20-16-8-11-19(12-10-18-16)15-7-6-9-17-14-15/h4-7,9,14,16,18H,2-3,8,10-13H2,1H3/b5-4+. The average molecular weight is 275 g/mol. The Hall–Kier alpha value is -1.39. The minimum Gasteiger partial charge on any atom is -0.369 e. The van der Waals surface area contributed by atoms with Gasteiger partial charge in [-0.25, -0.2) is 0 Å². The van der Waals surface area contributed by atoms with Crippen molar-refractivity contribution in [3.8, 4) is 0 Å². The Bertz CT molecular complexity index is 394. The highest BCUT2D eigenvalue weighted by Crippen LogP contribution is 2.14. The fourth-order valence-electron chi connectivity index (χ4n) is 2.31. The molecule has 0 spiro atoms. The number of unbranched alkanes of at least 4 members (excludes halogenated alkanes) is 1. The first kappa shape index (κ1) is 15.0. The number of pyridine rings is 1. The molecule has 110 valence electrons. The Kier molecular flexibility index (Phi) is 6.54. The van der Waals surface area contributed by atoms with E-state index in [0.29, 0.717) is 6.61 Å². The molecular weight excluding hydrogens is 250 g/mol. The van der Waals surface area contributed by atoms with Crippen molar-refractivity contribution in [2.75, 3.05) is 31.1 Å². The minimum absolute atomic E-state index is 0.156. The maximum Gasteiger partial charge on any atom is 0.110 e. The van der Waals surface area contributed by atoms with E-state index in [1.54, 1.807) is 0 Å². The Morgan fingerprint density at radius 2 is 2.40 bits per heavy atom. The highest BCUT2D eigenvalue weighted by molar-refractivity contribution is 5.43. The highest BCUT2D eigenvalue weighted by atomic mass is 16.5. The molecule has 1 aliphatic rings. The lowest BCUT2D eigenvalue weighted by Gasteiger charge is -2.21. The first-order valence-corrected chi connectivity index (χ1v) is 7.55. The van der Waals surface area contributed by atoms with Crippen LogP contribution < -0.4 is 10.2 Å². The number of nitrogens with zero attached hydrogens (tertiary/aromatic N) is 2. The van der Waals surface area contributed by atoms with Crippen molar-refractivity contribution in [3.05, 3.63) is 36.7 Å². The Morgan fingerprint density at radius 1 is 1.45 bits per heavy atom. The summed E-state index contributed by atoms with van der Waals surface area (Å²) in [5, 5.41) is 3.45. The lowest BCUT2D eigenvalue weighted by molar-refractivity contribution is 0.0486. The summed E-state index contributed by atoms with van der Waals surface area (Å²) < 4.78 is 5.85. The third-order valence-corrected chi connectivity index (χ3v) is 3.44. The van der Waals surface area contributed by atoms with E-state index in [2.05, 4.69) is 40.3 Å². The molecule has 2 rings (SSSR count). The predicted molar refractivity (Wildman–Crippen MR) is 82.9 cm³/mol. The van der Waals surface area contributed by atoms with Crippen LogP contribution in [0.5, 0.6) is 0 Å². The van der Waals surface area contributed by atoms with E-state index in [4.69, 9.17) is 4.74 Å². The minimum atomic E-state index is 0.156. The van der Waals surface area contributed by atoms with Crippen LogP contribution in [0.15, 0.2) is 36.7 Å².